The van der Waals surface area contributed by atoms with Crippen LogP contribution in [0.15, 0.2) is 34.8 Å². The van der Waals surface area contributed by atoms with Crippen LogP contribution in [-0.2, 0) is 11.8 Å². The van der Waals surface area contributed by atoms with Crippen molar-refractivity contribution in [2.45, 2.75) is 12.8 Å². The van der Waals surface area contributed by atoms with Gasteiger partial charge in [0, 0.05) is 30.5 Å². The Kier molecular flexibility index (Phi) is 4.45. The molecule has 1 fully saturated rings. The van der Waals surface area contributed by atoms with E-state index in [4.69, 9.17) is 0 Å². The van der Waals surface area contributed by atoms with Gasteiger partial charge in [0.2, 0.25) is 0 Å². The molecule has 0 saturated carbocycles. The van der Waals surface area contributed by atoms with Gasteiger partial charge in [0.15, 0.2) is 0 Å². The second-order valence-corrected chi connectivity index (χ2v) is 7.02. The zero-order valence-electron chi connectivity index (χ0n) is 13.4. The maximum absolute atomic E-state index is 12.7. The van der Waals surface area contributed by atoms with E-state index in [1.54, 1.807) is 22.7 Å². The van der Waals surface area contributed by atoms with Gasteiger partial charge in [0.25, 0.3) is 5.91 Å². The van der Waals surface area contributed by atoms with E-state index in [1.807, 2.05) is 31.2 Å². The van der Waals surface area contributed by atoms with Gasteiger partial charge in [-0.1, -0.05) is 28.1 Å². The molecule has 2 heterocycles. The first-order chi connectivity index (χ1) is 11.4. The Morgan fingerprint density at radius 1 is 1.25 bits per heavy atom. The molecule has 2 aromatic rings. The summed E-state index contributed by atoms with van der Waals surface area (Å²) in [7, 11) is 1.72. The van der Waals surface area contributed by atoms with Gasteiger partial charge < -0.3 is 10.0 Å². The molecule has 1 amide bonds. The van der Waals surface area contributed by atoms with Crippen LogP contribution >= 0.6 is 15.9 Å². The summed E-state index contributed by atoms with van der Waals surface area (Å²) in [5, 5.41) is 13.8. The van der Waals surface area contributed by atoms with E-state index in [9.17, 15) is 14.7 Å². The molecular weight excluding hydrogens is 374 g/mol. The number of carbonyl (C=O) groups excluding carboxylic acids is 1. The average molecular weight is 392 g/mol. The topological polar surface area (TPSA) is 75.4 Å². The highest BCUT2D eigenvalue weighted by atomic mass is 79.9. The molecule has 2 atom stereocenters. The number of hydrogen-bond donors (Lipinski definition) is 1. The molecule has 1 aromatic carbocycles. The first-order valence-corrected chi connectivity index (χ1v) is 8.44. The Hall–Kier alpha value is -2.15. The summed E-state index contributed by atoms with van der Waals surface area (Å²) >= 11 is 3.38. The fourth-order valence-corrected chi connectivity index (χ4v) is 3.50. The number of likely N-dealkylation sites (tertiary alicyclic amines) is 1. The first-order valence-electron chi connectivity index (χ1n) is 7.65. The molecule has 1 saturated heterocycles. The van der Waals surface area contributed by atoms with Crippen LogP contribution in [0.4, 0.5) is 0 Å². The van der Waals surface area contributed by atoms with E-state index >= 15 is 0 Å². The number of benzene rings is 1. The molecule has 1 aromatic heterocycles. The summed E-state index contributed by atoms with van der Waals surface area (Å²) in [6.07, 6.45) is 0. The van der Waals surface area contributed by atoms with Crippen LogP contribution in [0.5, 0.6) is 0 Å². The number of aromatic nitrogens is 2. The highest BCUT2D eigenvalue weighted by Crippen LogP contribution is 2.34. The molecule has 1 aliphatic heterocycles. The zero-order chi connectivity index (χ0) is 17.4. The third kappa shape index (κ3) is 3.08. The molecule has 3 rings (SSSR count). The lowest BCUT2D eigenvalue weighted by molar-refractivity contribution is -0.141. The number of hydrogen-bond acceptors (Lipinski definition) is 3. The monoisotopic (exact) mass is 391 g/mol. The second kappa shape index (κ2) is 6.39. The van der Waals surface area contributed by atoms with Crippen molar-refractivity contribution in [1.82, 2.24) is 14.7 Å². The number of halogens is 1. The smallest absolute Gasteiger partial charge is 0.308 e. The lowest BCUT2D eigenvalue weighted by Gasteiger charge is -2.16. The summed E-state index contributed by atoms with van der Waals surface area (Å²) in [5.41, 5.74) is 2.18. The Morgan fingerprint density at radius 3 is 2.46 bits per heavy atom. The Morgan fingerprint density at radius 2 is 1.92 bits per heavy atom. The van der Waals surface area contributed by atoms with Gasteiger partial charge in [-0.2, -0.15) is 5.10 Å². The number of carbonyl (C=O) groups is 2. The van der Waals surface area contributed by atoms with E-state index in [2.05, 4.69) is 21.0 Å². The van der Waals surface area contributed by atoms with Crippen LogP contribution in [0.1, 0.15) is 27.7 Å². The quantitative estimate of drug-likeness (QED) is 0.871. The van der Waals surface area contributed by atoms with Crippen molar-refractivity contribution >= 4 is 27.8 Å². The minimum atomic E-state index is -0.876. The molecule has 24 heavy (non-hydrogen) atoms. The van der Waals surface area contributed by atoms with Crippen molar-refractivity contribution in [3.8, 4) is 0 Å². The summed E-state index contributed by atoms with van der Waals surface area (Å²) in [4.78, 5) is 26.0. The predicted molar refractivity (Wildman–Crippen MR) is 91.9 cm³/mol. The second-order valence-electron chi connectivity index (χ2n) is 6.11. The van der Waals surface area contributed by atoms with Crippen LogP contribution in [0.3, 0.4) is 0 Å². The molecule has 7 heteroatoms. The lowest BCUT2D eigenvalue weighted by atomic mass is 9.89. The molecule has 0 spiro atoms. The third-order valence-electron chi connectivity index (χ3n) is 4.44. The van der Waals surface area contributed by atoms with Gasteiger partial charge in [-0.05, 0) is 30.7 Å². The van der Waals surface area contributed by atoms with Crippen LogP contribution < -0.4 is 0 Å². The number of amides is 1. The molecule has 1 N–H and O–H groups in total. The number of carboxylic acids is 1. The predicted octanol–water partition coefficient (Wildman–Crippen LogP) is 2.43. The standard InChI is InChI=1S/C17H18BrN3O3/c1-10-7-15(20(2)19-10)16(22)21-8-13(14(9-21)17(23)24)11-3-5-12(18)6-4-11/h3-7,13-14H,8-9H2,1-2H3,(H,23,24)/t13-,14+/m1/s1. The van der Waals surface area contributed by atoms with Crippen molar-refractivity contribution in [3.05, 3.63) is 51.8 Å². The van der Waals surface area contributed by atoms with Crippen molar-refractivity contribution < 1.29 is 14.7 Å². The van der Waals surface area contributed by atoms with Crippen LogP contribution in [-0.4, -0.2) is 44.8 Å². The Balaban J connectivity index is 1.87. The van der Waals surface area contributed by atoms with Gasteiger partial charge in [-0.25, -0.2) is 0 Å². The maximum atomic E-state index is 12.7. The van der Waals surface area contributed by atoms with Gasteiger partial charge >= 0.3 is 5.97 Å². The van der Waals surface area contributed by atoms with E-state index in [0.717, 1.165) is 15.7 Å². The number of rotatable bonds is 3. The molecular formula is C17H18BrN3O3. The van der Waals surface area contributed by atoms with Gasteiger partial charge in [-0.15, -0.1) is 0 Å². The van der Waals surface area contributed by atoms with E-state index in [-0.39, 0.29) is 18.4 Å². The van der Waals surface area contributed by atoms with Crippen LogP contribution in [0.25, 0.3) is 0 Å². The fourth-order valence-electron chi connectivity index (χ4n) is 3.24. The lowest BCUT2D eigenvalue weighted by Crippen LogP contribution is -2.31. The molecule has 1 aliphatic rings. The van der Waals surface area contributed by atoms with Crippen LogP contribution in [0, 0.1) is 12.8 Å². The summed E-state index contributed by atoms with van der Waals surface area (Å²) in [6, 6.07) is 9.33. The van der Waals surface area contributed by atoms with Crippen molar-refractivity contribution in [1.29, 1.82) is 0 Å². The third-order valence-corrected chi connectivity index (χ3v) is 4.97. The van der Waals surface area contributed by atoms with Crippen molar-refractivity contribution in [2.75, 3.05) is 13.1 Å². The van der Waals surface area contributed by atoms with Crippen molar-refractivity contribution in [2.24, 2.45) is 13.0 Å². The Bertz CT molecular complexity index is 785. The summed E-state index contributed by atoms with van der Waals surface area (Å²) in [6.45, 7) is 2.42. The highest BCUT2D eigenvalue weighted by Gasteiger charge is 2.41. The molecule has 0 radical (unpaired) electrons. The minimum Gasteiger partial charge on any atom is -0.481 e. The minimum absolute atomic E-state index is 0.177. The van der Waals surface area contributed by atoms with E-state index < -0.39 is 11.9 Å². The van der Waals surface area contributed by atoms with Crippen molar-refractivity contribution in [3.63, 3.8) is 0 Å². The normalized spacial score (nSPS) is 20.4. The Labute approximate surface area is 148 Å². The van der Waals surface area contributed by atoms with Gasteiger partial charge in [0.1, 0.15) is 5.69 Å². The molecule has 0 bridgehead atoms. The van der Waals surface area contributed by atoms with Crippen LogP contribution in [0.2, 0.25) is 0 Å². The fraction of sp³-hybridized carbons (Fsp3) is 0.353. The SMILES string of the molecule is Cc1cc(C(=O)N2C[C@H](C(=O)O)[C@@H](c3ccc(Br)cc3)C2)n(C)n1. The van der Waals surface area contributed by atoms with Gasteiger partial charge in [-0.3, -0.25) is 14.3 Å². The highest BCUT2D eigenvalue weighted by molar-refractivity contribution is 9.10. The molecule has 126 valence electrons. The number of nitrogens with zero attached hydrogens (tertiary/aromatic N) is 3. The first kappa shape index (κ1) is 16.7. The summed E-state index contributed by atoms with van der Waals surface area (Å²) in [5.74, 6) is -1.87. The maximum Gasteiger partial charge on any atom is 0.308 e. The number of aryl methyl sites for hydroxylation is 2. The molecule has 0 aliphatic carbocycles. The van der Waals surface area contributed by atoms with Gasteiger partial charge in [0.05, 0.1) is 11.6 Å². The zero-order valence-corrected chi connectivity index (χ0v) is 15.0. The summed E-state index contributed by atoms with van der Waals surface area (Å²) < 4.78 is 2.48. The number of aliphatic carboxylic acids is 1. The average Bonchev–Trinajstić information content (AvgIpc) is 3.11. The molecule has 6 nitrogen and oxygen atoms in total. The van der Waals surface area contributed by atoms with E-state index in [1.165, 1.54) is 0 Å². The molecule has 0 unspecified atom stereocenters. The van der Waals surface area contributed by atoms with E-state index in [0.29, 0.717) is 12.2 Å². The number of carboxylic acid groups (broad SMARTS) is 1. The largest absolute Gasteiger partial charge is 0.481 e.